The second kappa shape index (κ2) is 9.40. The van der Waals surface area contributed by atoms with Crippen LogP contribution in [0.1, 0.15) is 0 Å². The van der Waals surface area contributed by atoms with Gasteiger partial charge in [0.1, 0.15) is 12.3 Å². The van der Waals surface area contributed by atoms with Crippen LogP contribution >= 0.6 is 15.9 Å². The molecule has 6 nitrogen and oxygen atoms in total. The molecule has 0 saturated heterocycles. The highest BCUT2D eigenvalue weighted by Gasteiger charge is 2.11. The van der Waals surface area contributed by atoms with E-state index in [1.165, 1.54) is 6.07 Å². The van der Waals surface area contributed by atoms with Crippen LogP contribution in [0, 0.1) is 0 Å². The summed E-state index contributed by atoms with van der Waals surface area (Å²) >= 11 is 3.40. The third-order valence-electron chi connectivity index (χ3n) is 4.43. The number of ether oxygens (including phenoxy) is 1. The van der Waals surface area contributed by atoms with Gasteiger partial charge in [-0.05, 0) is 42.5 Å². The van der Waals surface area contributed by atoms with Crippen molar-refractivity contribution < 1.29 is 9.53 Å². The van der Waals surface area contributed by atoms with E-state index in [0.717, 1.165) is 14.7 Å². The lowest BCUT2D eigenvalue weighted by atomic mass is 10.1. The third kappa shape index (κ3) is 5.26. The highest BCUT2D eigenvalue weighted by Crippen LogP contribution is 2.29. The Hall–Kier alpha value is -3.71. The topological polar surface area (TPSA) is 73.2 Å². The fourth-order valence-corrected chi connectivity index (χ4v) is 3.20. The minimum Gasteiger partial charge on any atom is -0.455 e. The van der Waals surface area contributed by atoms with Crippen LogP contribution < -0.4 is 15.6 Å². The lowest BCUT2D eigenvalue weighted by Gasteiger charge is -2.13. The van der Waals surface area contributed by atoms with Gasteiger partial charge in [0.15, 0.2) is 5.75 Å². The number of carbonyl (C=O) groups is 1. The summed E-state index contributed by atoms with van der Waals surface area (Å²) in [5, 5.41) is 7.14. The first-order chi connectivity index (χ1) is 15.1. The second-order valence-electron chi connectivity index (χ2n) is 6.68. The Morgan fingerprint density at radius 3 is 2.39 bits per heavy atom. The van der Waals surface area contributed by atoms with Crippen molar-refractivity contribution in [3.8, 4) is 22.8 Å². The molecule has 1 heterocycles. The van der Waals surface area contributed by atoms with E-state index < -0.39 is 0 Å². The number of hydrogen-bond acceptors (Lipinski definition) is 4. The van der Waals surface area contributed by atoms with Gasteiger partial charge in [-0.3, -0.25) is 9.59 Å². The minimum absolute atomic E-state index is 0.219. The van der Waals surface area contributed by atoms with Gasteiger partial charge in [-0.15, -0.1) is 0 Å². The fourth-order valence-electron chi connectivity index (χ4n) is 2.94. The molecular weight excluding hydrogens is 458 g/mol. The van der Waals surface area contributed by atoms with Crippen molar-refractivity contribution in [3.63, 3.8) is 0 Å². The normalized spacial score (nSPS) is 10.5. The molecular formula is C24H18BrN3O3. The van der Waals surface area contributed by atoms with Crippen molar-refractivity contribution in [1.82, 2.24) is 9.78 Å². The number of anilines is 1. The van der Waals surface area contributed by atoms with Gasteiger partial charge >= 0.3 is 0 Å². The molecule has 31 heavy (non-hydrogen) atoms. The molecule has 0 atom stereocenters. The number of halogens is 1. The van der Waals surface area contributed by atoms with Crippen molar-refractivity contribution in [2.24, 2.45) is 0 Å². The number of hydrogen-bond donors (Lipinski definition) is 1. The average molecular weight is 476 g/mol. The SMILES string of the molecule is O=C(Cn1nc(-c2ccc(Br)cc2)ccc1=O)Nc1ccccc1Oc1ccccc1. The van der Waals surface area contributed by atoms with Crippen molar-refractivity contribution in [2.45, 2.75) is 6.54 Å². The first-order valence-electron chi connectivity index (χ1n) is 9.54. The fraction of sp³-hybridized carbons (Fsp3) is 0.0417. The monoisotopic (exact) mass is 475 g/mol. The highest BCUT2D eigenvalue weighted by atomic mass is 79.9. The lowest BCUT2D eigenvalue weighted by molar-refractivity contribution is -0.117. The maximum Gasteiger partial charge on any atom is 0.267 e. The molecule has 154 valence electrons. The predicted octanol–water partition coefficient (Wildman–Crippen LogP) is 5.10. The number of amides is 1. The summed E-state index contributed by atoms with van der Waals surface area (Å²) in [6.07, 6.45) is 0. The van der Waals surface area contributed by atoms with Crippen LogP contribution in [0.15, 0.2) is 100 Å². The van der Waals surface area contributed by atoms with Gasteiger partial charge in [0, 0.05) is 16.1 Å². The van der Waals surface area contributed by atoms with Crippen molar-refractivity contribution in [2.75, 3.05) is 5.32 Å². The summed E-state index contributed by atoms with van der Waals surface area (Å²) in [4.78, 5) is 24.9. The molecule has 1 aromatic heterocycles. The van der Waals surface area contributed by atoms with Gasteiger partial charge in [0.25, 0.3) is 5.56 Å². The van der Waals surface area contributed by atoms with Crippen molar-refractivity contribution in [3.05, 3.63) is 106 Å². The Morgan fingerprint density at radius 1 is 0.903 bits per heavy atom. The summed E-state index contributed by atoms with van der Waals surface area (Å²) in [5.74, 6) is 0.780. The van der Waals surface area contributed by atoms with Crippen LogP contribution in [-0.2, 0) is 11.3 Å². The third-order valence-corrected chi connectivity index (χ3v) is 4.96. The molecule has 4 rings (SSSR count). The number of benzene rings is 3. The molecule has 1 N–H and O–H groups in total. The van der Waals surface area contributed by atoms with E-state index in [4.69, 9.17) is 4.74 Å². The number of nitrogens with one attached hydrogen (secondary N) is 1. The quantitative estimate of drug-likeness (QED) is 0.420. The lowest BCUT2D eigenvalue weighted by Crippen LogP contribution is -2.29. The Bertz CT molecular complexity index is 1260. The number of para-hydroxylation sites is 3. The molecule has 4 aromatic rings. The number of aromatic nitrogens is 2. The van der Waals surface area contributed by atoms with E-state index >= 15 is 0 Å². The summed E-state index contributed by atoms with van der Waals surface area (Å²) in [5.41, 5.74) is 1.60. The van der Waals surface area contributed by atoms with E-state index in [0.29, 0.717) is 22.9 Å². The smallest absolute Gasteiger partial charge is 0.267 e. The predicted molar refractivity (Wildman–Crippen MR) is 123 cm³/mol. The van der Waals surface area contributed by atoms with E-state index in [1.54, 1.807) is 24.3 Å². The Morgan fingerprint density at radius 2 is 1.61 bits per heavy atom. The summed E-state index contributed by atoms with van der Waals surface area (Å²) in [6, 6.07) is 27.0. The van der Waals surface area contributed by atoms with Gasteiger partial charge in [0.05, 0.1) is 11.4 Å². The Balaban J connectivity index is 1.51. The van der Waals surface area contributed by atoms with Crippen LogP contribution in [0.25, 0.3) is 11.3 Å². The van der Waals surface area contributed by atoms with Gasteiger partial charge in [-0.1, -0.05) is 58.4 Å². The van der Waals surface area contributed by atoms with E-state index in [-0.39, 0.29) is 18.0 Å². The van der Waals surface area contributed by atoms with Gasteiger partial charge < -0.3 is 10.1 Å². The summed E-state index contributed by atoms with van der Waals surface area (Å²) in [7, 11) is 0. The van der Waals surface area contributed by atoms with Crippen LogP contribution in [0.4, 0.5) is 5.69 Å². The van der Waals surface area contributed by atoms with Crippen LogP contribution in [-0.4, -0.2) is 15.7 Å². The van der Waals surface area contributed by atoms with Crippen LogP contribution in [0.2, 0.25) is 0 Å². The number of rotatable bonds is 6. The molecule has 3 aromatic carbocycles. The van der Waals surface area contributed by atoms with Gasteiger partial charge in [-0.25, -0.2) is 4.68 Å². The molecule has 0 aliphatic carbocycles. The molecule has 0 aliphatic heterocycles. The Labute approximate surface area is 187 Å². The first kappa shape index (κ1) is 20.6. The summed E-state index contributed by atoms with van der Waals surface area (Å²) < 4.78 is 7.96. The molecule has 1 amide bonds. The van der Waals surface area contributed by atoms with Gasteiger partial charge in [-0.2, -0.15) is 5.10 Å². The zero-order valence-corrected chi connectivity index (χ0v) is 18.0. The van der Waals surface area contributed by atoms with Crippen molar-refractivity contribution >= 4 is 27.5 Å². The molecule has 0 bridgehead atoms. The number of carbonyl (C=O) groups excluding carboxylic acids is 1. The molecule has 0 saturated carbocycles. The van der Waals surface area contributed by atoms with E-state index in [2.05, 4.69) is 26.3 Å². The van der Waals surface area contributed by atoms with E-state index in [9.17, 15) is 9.59 Å². The number of nitrogens with zero attached hydrogens (tertiary/aromatic N) is 2. The van der Waals surface area contributed by atoms with Crippen molar-refractivity contribution in [1.29, 1.82) is 0 Å². The molecule has 0 spiro atoms. The zero-order valence-electron chi connectivity index (χ0n) is 16.4. The Kier molecular flexibility index (Phi) is 6.24. The standard InChI is InChI=1S/C24H18BrN3O3/c25-18-12-10-17(11-13-18)20-14-15-24(30)28(27-20)16-23(29)26-21-8-4-5-9-22(21)31-19-6-2-1-3-7-19/h1-15H,16H2,(H,26,29). The van der Waals surface area contributed by atoms with E-state index in [1.807, 2.05) is 60.7 Å². The molecule has 0 radical (unpaired) electrons. The van der Waals surface area contributed by atoms with Crippen LogP contribution in [0.5, 0.6) is 11.5 Å². The molecule has 7 heteroatoms. The molecule has 0 aliphatic rings. The second-order valence-corrected chi connectivity index (χ2v) is 7.60. The molecule has 0 unspecified atom stereocenters. The van der Waals surface area contributed by atoms with Gasteiger partial charge in [0.2, 0.25) is 5.91 Å². The maximum atomic E-state index is 12.7. The largest absolute Gasteiger partial charge is 0.455 e. The molecule has 0 fully saturated rings. The zero-order chi connectivity index (χ0) is 21.6. The average Bonchev–Trinajstić information content (AvgIpc) is 2.78. The summed E-state index contributed by atoms with van der Waals surface area (Å²) in [6.45, 7) is -0.219. The highest BCUT2D eigenvalue weighted by molar-refractivity contribution is 9.10. The minimum atomic E-state index is -0.383. The first-order valence-corrected chi connectivity index (χ1v) is 10.3. The van der Waals surface area contributed by atoms with Crippen LogP contribution in [0.3, 0.4) is 0 Å². The maximum absolute atomic E-state index is 12.7.